The van der Waals surface area contributed by atoms with Crippen molar-refractivity contribution >= 4 is 46.6 Å². The van der Waals surface area contributed by atoms with Gasteiger partial charge in [0.15, 0.2) is 0 Å². The molecular formula is C18H15Cl2N3O2S. The van der Waals surface area contributed by atoms with Gasteiger partial charge in [-0.15, -0.1) is 10.2 Å². The van der Waals surface area contributed by atoms with Gasteiger partial charge in [0, 0.05) is 10.6 Å². The zero-order valence-corrected chi connectivity index (χ0v) is 16.3. The second kappa shape index (κ2) is 8.12. The molecule has 0 saturated carbocycles. The highest BCUT2D eigenvalue weighted by Gasteiger charge is 2.20. The fourth-order valence-corrected chi connectivity index (χ4v) is 3.35. The van der Waals surface area contributed by atoms with Crippen molar-refractivity contribution in [2.45, 2.75) is 24.3 Å². The van der Waals surface area contributed by atoms with Gasteiger partial charge in [-0.3, -0.25) is 4.79 Å². The van der Waals surface area contributed by atoms with Crippen LogP contribution in [-0.4, -0.2) is 21.4 Å². The highest BCUT2D eigenvalue weighted by Crippen LogP contribution is 2.29. The molecule has 1 heterocycles. The highest BCUT2D eigenvalue weighted by molar-refractivity contribution is 8.00. The Kier molecular flexibility index (Phi) is 5.86. The van der Waals surface area contributed by atoms with Gasteiger partial charge in [0.1, 0.15) is 0 Å². The molecule has 8 heteroatoms. The number of nitrogens with one attached hydrogen (secondary N) is 1. The second-order valence-corrected chi connectivity index (χ2v) is 7.70. The summed E-state index contributed by atoms with van der Waals surface area (Å²) in [7, 11) is 0. The number of amides is 1. The maximum absolute atomic E-state index is 12.4. The van der Waals surface area contributed by atoms with Gasteiger partial charge in [0.05, 0.1) is 16.0 Å². The van der Waals surface area contributed by atoms with Crippen molar-refractivity contribution in [3.8, 4) is 11.5 Å². The van der Waals surface area contributed by atoms with Crippen molar-refractivity contribution in [2.24, 2.45) is 0 Å². The topological polar surface area (TPSA) is 68.0 Å². The summed E-state index contributed by atoms with van der Waals surface area (Å²) in [6, 6.07) is 12.6. The smallest absolute Gasteiger partial charge is 0.277 e. The number of hydrogen-bond acceptors (Lipinski definition) is 5. The third-order valence-electron chi connectivity index (χ3n) is 3.62. The van der Waals surface area contributed by atoms with E-state index in [9.17, 15) is 4.79 Å². The molecule has 0 spiro atoms. The molecule has 134 valence electrons. The third-order valence-corrected chi connectivity index (χ3v) is 5.10. The molecule has 0 radical (unpaired) electrons. The number of benzene rings is 2. The van der Waals surface area contributed by atoms with Gasteiger partial charge in [0.2, 0.25) is 11.8 Å². The maximum Gasteiger partial charge on any atom is 0.277 e. The van der Waals surface area contributed by atoms with Crippen molar-refractivity contribution in [1.82, 2.24) is 10.2 Å². The molecule has 0 aliphatic rings. The average molecular weight is 408 g/mol. The van der Waals surface area contributed by atoms with Gasteiger partial charge in [-0.2, -0.15) is 0 Å². The van der Waals surface area contributed by atoms with Crippen LogP contribution >= 0.6 is 35.0 Å². The van der Waals surface area contributed by atoms with Gasteiger partial charge < -0.3 is 9.73 Å². The van der Waals surface area contributed by atoms with Crippen LogP contribution in [-0.2, 0) is 4.79 Å². The number of anilines is 1. The molecule has 1 N–H and O–H groups in total. The van der Waals surface area contributed by atoms with E-state index in [-0.39, 0.29) is 5.91 Å². The van der Waals surface area contributed by atoms with Crippen molar-refractivity contribution in [1.29, 1.82) is 0 Å². The first-order valence-corrected chi connectivity index (χ1v) is 9.39. The molecule has 1 aromatic heterocycles. The van der Waals surface area contributed by atoms with Crippen LogP contribution in [0.15, 0.2) is 52.1 Å². The monoisotopic (exact) mass is 407 g/mol. The Labute approximate surface area is 165 Å². The van der Waals surface area contributed by atoms with Crippen LogP contribution in [0, 0.1) is 6.92 Å². The summed E-state index contributed by atoms with van der Waals surface area (Å²) in [5, 5.41) is 11.6. The van der Waals surface area contributed by atoms with E-state index in [0.29, 0.717) is 26.8 Å². The predicted octanol–water partition coefficient (Wildman–Crippen LogP) is 5.47. The molecule has 3 rings (SSSR count). The minimum atomic E-state index is -0.452. The molecule has 0 bridgehead atoms. The first-order chi connectivity index (χ1) is 12.4. The lowest BCUT2D eigenvalue weighted by Gasteiger charge is -2.11. The summed E-state index contributed by atoms with van der Waals surface area (Å²) < 4.78 is 5.68. The van der Waals surface area contributed by atoms with E-state index in [1.54, 1.807) is 25.1 Å². The molecule has 0 unspecified atom stereocenters. The van der Waals surface area contributed by atoms with Crippen LogP contribution in [0.25, 0.3) is 11.5 Å². The van der Waals surface area contributed by atoms with E-state index in [1.165, 1.54) is 11.8 Å². The lowest BCUT2D eigenvalue weighted by molar-refractivity contribution is -0.115. The molecule has 0 aliphatic heterocycles. The number of aryl methyl sites for hydroxylation is 1. The van der Waals surface area contributed by atoms with E-state index in [2.05, 4.69) is 15.5 Å². The number of halogens is 2. The molecular weight excluding hydrogens is 393 g/mol. The number of rotatable bonds is 5. The van der Waals surface area contributed by atoms with Crippen molar-refractivity contribution in [3.05, 3.63) is 58.1 Å². The lowest BCUT2D eigenvalue weighted by atomic mass is 10.1. The van der Waals surface area contributed by atoms with E-state index in [1.807, 2.05) is 31.2 Å². The lowest BCUT2D eigenvalue weighted by Crippen LogP contribution is -2.22. The quantitative estimate of drug-likeness (QED) is 0.567. The number of nitrogens with zero attached hydrogens (tertiary/aromatic N) is 2. The van der Waals surface area contributed by atoms with Gasteiger partial charge in [0.25, 0.3) is 5.22 Å². The van der Waals surface area contributed by atoms with Crippen LogP contribution in [0.3, 0.4) is 0 Å². The van der Waals surface area contributed by atoms with E-state index < -0.39 is 5.25 Å². The summed E-state index contributed by atoms with van der Waals surface area (Å²) in [6.45, 7) is 3.72. The summed E-state index contributed by atoms with van der Waals surface area (Å²) in [6.07, 6.45) is 0. The Balaban J connectivity index is 1.67. The molecule has 0 aliphatic carbocycles. The molecule has 1 atom stereocenters. The molecule has 26 heavy (non-hydrogen) atoms. The minimum Gasteiger partial charge on any atom is -0.411 e. The van der Waals surface area contributed by atoms with Gasteiger partial charge >= 0.3 is 0 Å². The summed E-state index contributed by atoms with van der Waals surface area (Å²) in [4.78, 5) is 12.4. The SMILES string of the molecule is Cc1ccccc1-c1nnc(S[C@H](C)C(=O)Nc2ccc(Cl)cc2Cl)o1. The van der Waals surface area contributed by atoms with Crippen LogP contribution < -0.4 is 5.32 Å². The summed E-state index contributed by atoms with van der Waals surface area (Å²) >= 11 is 13.1. The van der Waals surface area contributed by atoms with Crippen LogP contribution in [0.4, 0.5) is 5.69 Å². The zero-order valence-electron chi connectivity index (χ0n) is 14.0. The van der Waals surface area contributed by atoms with Crippen molar-refractivity contribution < 1.29 is 9.21 Å². The Morgan fingerprint density at radius 1 is 1.19 bits per heavy atom. The molecule has 0 saturated heterocycles. The molecule has 1 amide bonds. The molecule has 2 aromatic carbocycles. The Morgan fingerprint density at radius 3 is 2.69 bits per heavy atom. The standard InChI is InChI=1S/C18H15Cl2N3O2S/c1-10-5-3-4-6-13(10)17-22-23-18(25-17)26-11(2)16(24)21-15-8-7-12(19)9-14(15)20/h3-9,11H,1-2H3,(H,21,24)/t11-/m1/s1. The number of aromatic nitrogens is 2. The van der Waals surface area contributed by atoms with Crippen molar-refractivity contribution in [3.63, 3.8) is 0 Å². The van der Waals surface area contributed by atoms with E-state index in [0.717, 1.165) is 11.1 Å². The van der Waals surface area contributed by atoms with Gasteiger partial charge in [-0.25, -0.2) is 0 Å². The third kappa shape index (κ3) is 4.38. The normalized spacial score (nSPS) is 12.0. The van der Waals surface area contributed by atoms with Gasteiger partial charge in [-0.05, 0) is 43.7 Å². The average Bonchev–Trinajstić information content (AvgIpc) is 3.06. The predicted molar refractivity (Wildman–Crippen MR) is 105 cm³/mol. The van der Waals surface area contributed by atoms with Crippen LogP contribution in [0.2, 0.25) is 10.0 Å². The number of carbonyl (C=O) groups excluding carboxylic acids is 1. The largest absolute Gasteiger partial charge is 0.411 e. The first kappa shape index (κ1) is 18.8. The zero-order chi connectivity index (χ0) is 18.7. The van der Waals surface area contributed by atoms with Crippen molar-refractivity contribution in [2.75, 3.05) is 5.32 Å². The first-order valence-electron chi connectivity index (χ1n) is 7.76. The Morgan fingerprint density at radius 2 is 1.96 bits per heavy atom. The number of carbonyl (C=O) groups is 1. The summed E-state index contributed by atoms with van der Waals surface area (Å²) in [5.74, 6) is 0.203. The van der Waals surface area contributed by atoms with E-state index in [4.69, 9.17) is 27.6 Å². The second-order valence-electron chi connectivity index (χ2n) is 5.56. The minimum absolute atomic E-state index is 0.227. The van der Waals surface area contributed by atoms with Gasteiger partial charge in [-0.1, -0.05) is 53.2 Å². The van der Waals surface area contributed by atoms with E-state index >= 15 is 0 Å². The Bertz CT molecular complexity index is 946. The molecule has 3 aromatic rings. The summed E-state index contributed by atoms with van der Waals surface area (Å²) in [5.41, 5.74) is 2.41. The Hall–Kier alpha value is -2.02. The van der Waals surface area contributed by atoms with Crippen LogP contribution in [0.1, 0.15) is 12.5 Å². The highest BCUT2D eigenvalue weighted by atomic mass is 35.5. The fourth-order valence-electron chi connectivity index (χ4n) is 2.21. The molecule has 0 fully saturated rings. The molecule has 5 nitrogen and oxygen atoms in total. The number of thioether (sulfide) groups is 1. The maximum atomic E-state index is 12.4. The van der Waals surface area contributed by atoms with Crippen LogP contribution in [0.5, 0.6) is 0 Å². The fraction of sp³-hybridized carbons (Fsp3) is 0.167. The number of hydrogen-bond donors (Lipinski definition) is 1.